The Kier molecular flexibility index (Phi) is 7.25. The molecule has 36 heavy (non-hydrogen) atoms. The molecule has 9 nitrogen and oxygen atoms in total. The molecule has 3 heterocycles. The van der Waals surface area contributed by atoms with E-state index in [0.29, 0.717) is 49.3 Å². The molecule has 1 aliphatic heterocycles. The number of amides is 1. The molecule has 1 aliphatic rings. The number of rotatable bonds is 6. The number of aromatic nitrogens is 1. The van der Waals surface area contributed by atoms with E-state index in [9.17, 15) is 27.9 Å². The number of hydrogen-bond donors (Lipinski definition) is 2. The fourth-order valence-electron chi connectivity index (χ4n) is 3.95. The molecule has 0 saturated carbocycles. The normalized spacial score (nSPS) is 15.1. The highest BCUT2D eigenvalue weighted by Crippen LogP contribution is 2.29. The van der Waals surface area contributed by atoms with Crippen molar-refractivity contribution in [1.82, 2.24) is 9.88 Å². The minimum Gasteiger partial charge on any atom is -0.478 e. The van der Waals surface area contributed by atoms with Crippen LogP contribution in [0.5, 0.6) is 0 Å². The van der Waals surface area contributed by atoms with Crippen LogP contribution >= 0.6 is 0 Å². The number of ether oxygens (including phenoxy) is 1. The average molecular weight is 504 g/mol. The fourth-order valence-corrected chi connectivity index (χ4v) is 3.95. The van der Waals surface area contributed by atoms with Gasteiger partial charge in [0.25, 0.3) is 5.91 Å². The number of fused-ring (bicyclic) bond motifs is 1. The number of carboxylic acids is 1. The Labute approximate surface area is 203 Å². The van der Waals surface area contributed by atoms with Crippen molar-refractivity contribution in [2.45, 2.75) is 12.6 Å². The fraction of sp³-hybridized carbons (Fsp3) is 0.333. The van der Waals surface area contributed by atoms with Gasteiger partial charge in [0.2, 0.25) is 0 Å². The number of aliphatic imine (C=N–C) groups is 1. The lowest BCUT2D eigenvalue weighted by Gasteiger charge is -2.20. The number of nitrogens with zero attached hydrogens (tertiary/aromatic N) is 3. The molecule has 0 aliphatic carbocycles. The van der Waals surface area contributed by atoms with Crippen LogP contribution in [0.4, 0.5) is 18.9 Å². The van der Waals surface area contributed by atoms with Gasteiger partial charge >= 0.3 is 12.1 Å². The van der Waals surface area contributed by atoms with Gasteiger partial charge in [-0.25, -0.2) is 4.79 Å². The van der Waals surface area contributed by atoms with Gasteiger partial charge in [0.15, 0.2) is 0 Å². The number of aromatic carboxylic acids is 1. The number of hydrogen-bond acceptors (Lipinski definition) is 7. The third kappa shape index (κ3) is 5.48. The molecule has 0 bridgehead atoms. The van der Waals surface area contributed by atoms with Crippen LogP contribution in [-0.2, 0) is 4.74 Å². The van der Waals surface area contributed by atoms with Gasteiger partial charge in [-0.05, 0) is 30.7 Å². The predicted octanol–water partition coefficient (Wildman–Crippen LogP) is 3.83. The summed E-state index contributed by atoms with van der Waals surface area (Å²) in [5, 5.41) is 12.1. The van der Waals surface area contributed by atoms with Crippen molar-refractivity contribution in [3.63, 3.8) is 0 Å². The second-order valence-electron chi connectivity index (χ2n) is 8.08. The van der Waals surface area contributed by atoms with Gasteiger partial charge < -0.3 is 24.5 Å². The number of furan rings is 1. The van der Waals surface area contributed by atoms with E-state index in [0.717, 1.165) is 0 Å². The highest BCUT2D eigenvalue weighted by Gasteiger charge is 2.29. The maximum absolute atomic E-state index is 13.1. The third-order valence-electron chi connectivity index (χ3n) is 5.67. The standard InChI is InChI=1S/C24H23F3N4O5/c1-28-21(17-12-36-20-4-3-14(23(33)34)9-15(17)20)16-11-29-19(10-18(16)30-13-24(25,26)27)22(32)31-5-2-7-35-8-6-31/h3-4,9-12H,2,5-8,13H2,1H3,(H,29,30)(H,33,34). The molecule has 1 aromatic carbocycles. The van der Waals surface area contributed by atoms with Gasteiger partial charge in [-0.3, -0.25) is 14.8 Å². The molecule has 1 fully saturated rings. The van der Waals surface area contributed by atoms with Crippen LogP contribution in [0.3, 0.4) is 0 Å². The van der Waals surface area contributed by atoms with Crippen molar-refractivity contribution < 1.29 is 37.0 Å². The first-order valence-electron chi connectivity index (χ1n) is 11.1. The summed E-state index contributed by atoms with van der Waals surface area (Å²) in [5.74, 6) is -1.56. The number of carbonyl (C=O) groups excluding carboxylic acids is 1. The number of pyridine rings is 1. The maximum Gasteiger partial charge on any atom is 0.405 e. The van der Waals surface area contributed by atoms with Gasteiger partial charge in [0.1, 0.15) is 24.1 Å². The van der Waals surface area contributed by atoms with E-state index in [1.807, 2.05) is 0 Å². The van der Waals surface area contributed by atoms with Crippen LogP contribution in [0.2, 0.25) is 0 Å². The Balaban J connectivity index is 1.77. The molecule has 0 atom stereocenters. The minimum atomic E-state index is -4.52. The van der Waals surface area contributed by atoms with Crippen LogP contribution in [0.15, 0.2) is 46.1 Å². The van der Waals surface area contributed by atoms with Gasteiger partial charge in [-0.2, -0.15) is 13.2 Å². The van der Waals surface area contributed by atoms with E-state index in [1.54, 1.807) is 4.90 Å². The first kappa shape index (κ1) is 25.2. The smallest absolute Gasteiger partial charge is 0.405 e. The Hall–Kier alpha value is -3.93. The molecule has 1 saturated heterocycles. The number of benzene rings is 1. The summed E-state index contributed by atoms with van der Waals surface area (Å²) in [4.78, 5) is 34.5. The number of anilines is 1. The van der Waals surface area contributed by atoms with Crippen molar-refractivity contribution in [3.05, 3.63) is 59.1 Å². The van der Waals surface area contributed by atoms with Crippen molar-refractivity contribution in [2.24, 2.45) is 4.99 Å². The molecule has 1 amide bonds. The maximum atomic E-state index is 13.1. The van der Waals surface area contributed by atoms with Crippen LogP contribution < -0.4 is 5.32 Å². The third-order valence-corrected chi connectivity index (χ3v) is 5.67. The molecule has 190 valence electrons. The zero-order chi connectivity index (χ0) is 25.9. The van der Waals surface area contributed by atoms with Crippen LogP contribution in [0.1, 0.15) is 38.4 Å². The lowest BCUT2D eigenvalue weighted by atomic mass is 9.99. The second-order valence-corrected chi connectivity index (χ2v) is 8.08. The topological polar surface area (TPSA) is 117 Å². The molecule has 2 aromatic heterocycles. The number of carboxylic acid groups (broad SMARTS) is 1. The van der Waals surface area contributed by atoms with E-state index >= 15 is 0 Å². The molecular formula is C24H23F3N4O5. The zero-order valence-corrected chi connectivity index (χ0v) is 19.3. The van der Waals surface area contributed by atoms with Gasteiger partial charge in [0.05, 0.1) is 17.9 Å². The molecule has 2 N–H and O–H groups in total. The van der Waals surface area contributed by atoms with E-state index in [1.165, 1.54) is 43.8 Å². The first-order chi connectivity index (χ1) is 17.2. The molecule has 0 spiro atoms. The summed E-state index contributed by atoms with van der Waals surface area (Å²) < 4.78 is 50.1. The molecule has 0 radical (unpaired) electrons. The SMILES string of the molecule is CN=C(c1cnc(C(=O)N2CCCOCC2)cc1NCC(F)(F)F)c1coc2ccc(C(=O)O)cc12. The second kappa shape index (κ2) is 10.4. The number of carbonyl (C=O) groups is 2. The summed E-state index contributed by atoms with van der Waals surface area (Å²) in [5.41, 5.74) is 1.15. The Bertz CT molecular complexity index is 1310. The quantitative estimate of drug-likeness (QED) is 0.490. The molecule has 0 unspecified atom stereocenters. The van der Waals surface area contributed by atoms with Gasteiger partial charge in [-0.1, -0.05) is 0 Å². The van der Waals surface area contributed by atoms with Gasteiger partial charge in [-0.15, -0.1) is 0 Å². The van der Waals surface area contributed by atoms with Gasteiger partial charge in [0, 0.05) is 55.1 Å². The summed E-state index contributed by atoms with van der Waals surface area (Å²) in [7, 11) is 1.44. The molecular weight excluding hydrogens is 481 g/mol. The monoisotopic (exact) mass is 504 g/mol. The first-order valence-corrected chi connectivity index (χ1v) is 11.1. The summed E-state index contributed by atoms with van der Waals surface area (Å²) >= 11 is 0. The van der Waals surface area contributed by atoms with Crippen LogP contribution in [0, 0.1) is 0 Å². The predicted molar refractivity (Wildman–Crippen MR) is 125 cm³/mol. The van der Waals surface area contributed by atoms with Crippen molar-refractivity contribution in [3.8, 4) is 0 Å². The van der Waals surface area contributed by atoms with Crippen LogP contribution in [-0.4, -0.2) is 78.7 Å². The Morgan fingerprint density at radius 2 is 2.00 bits per heavy atom. The average Bonchev–Trinajstić information content (AvgIpc) is 3.07. The van der Waals surface area contributed by atoms with E-state index in [2.05, 4.69) is 15.3 Å². The summed E-state index contributed by atoms with van der Waals surface area (Å²) in [6, 6.07) is 5.54. The Morgan fingerprint density at radius 1 is 1.19 bits per heavy atom. The van der Waals surface area contributed by atoms with Crippen molar-refractivity contribution in [2.75, 3.05) is 45.2 Å². The lowest BCUT2D eigenvalue weighted by Crippen LogP contribution is -2.34. The van der Waals surface area contributed by atoms with E-state index in [-0.39, 0.29) is 28.2 Å². The number of alkyl halides is 3. The van der Waals surface area contributed by atoms with E-state index < -0.39 is 24.6 Å². The molecule has 4 rings (SSSR count). The number of halogens is 3. The summed E-state index contributed by atoms with van der Waals surface area (Å²) in [6.45, 7) is 0.334. The van der Waals surface area contributed by atoms with Crippen LogP contribution in [0.25, 0.3) is 11.0 Å². The largest absolute Gasteiger partial charge is 0.478 e. The molecule has 12 heteroatoms. The highest BCUT2D eigenvalue weighted by atomic mass is 19.4. The lowest BCUT2D eigenvalue weighted by molar-refractivity contribution is -0.115. The minimum absolute atomic E-state index is 0.00101. The van der Waals surface area contributed by atoms with Crippen molar-refractivity contribution >= 4 is 34.2 Å². The summed E-state index contributed by atoms with van der Waals surface area (Å²) in [6.07, 6.45) is -1.25. The van der Waals surface area contributed by atoms with Crippen molar-refractivity contribution in [1.29, 1.82) is 0 Å². The highest BCUT2D eigenvalue weighted by molar-refractivity contribution is 6.21. The van der Waals surface area contributed by atoms with E-state index in [4.69, 9.17) is 9.15 Å². The number of nitrogens with one attached hydrogen (secondary N) is 1. The Morgan fingerprint density at radius 3 is 2.72 bits per heavy atom. The molecule has 3 aromatic rings. The zero-order valence-electron chi connectivity index (χ0n) is 19.3.